The van der Waals surface area contributed by atoms with Gasteiger partial charge in [-0.05, 0) is 18.2 Å². The van der Waals surface area contributed by atoms with Crippen molar-refractivity contribution in [1.29, 1.82) is 0 Å². The summed E-state index contributed by atoms with van der Waals surface area (Å²) in [4.78, 5) is 10.9. The van der Waals surface area contributed by atoms with Gasteiger partial charge in [0.15, 0.2) is 0 Å². The lowest BCUT2D eigenvalue weighted by Crippen LogP contribution is -2.27. The molecule has 0 radical (unpaired) electrons. The number of aliphatic hydroxyl groups is 1. The number of benzene rings is 1. The molecule has 1 atom stereocenters. The van der Waals surface area contributed by atoms with Crippen LogP contribution >= 0.6 is 0 Å². The molecule has 1 rings (SSSR count). The molecule has 0 aliphatic heterocycles. The summed E-state index contributed by atoms with van der Waals surface area (Å²) in [6, 6.07) is 4.19. The van der Waals surface area contributed by atoms with Gasteiger partial charge in [-0.2, -0.15) is 0 Å². The highest BCUT2D eigenvalue weighted by molar-refractivity contribution is 5.94. The van der Waals surface area contributed by atoms with Crippen LogP contribution in [0.1, 0.15) is 10.4 Å². The summed E-state index contributed by atoms with van der Waals surface area (Å²) in [5.74, 6) is -0.651. The Morgan fingerprint density at radius 2 is 2.12 bits per heavy atom. The number of nitrogens with two attached hydrogens (primary N) is 2. The van der Waals surface area contributed by atoms with Gasteiger partial charge in [-0.15, -0.1) is 0 Å². The smallest absolute Gasteiger partial charge is 0.265 e. The number of hydrogen-bond acceptors (Lipinski definition) is 4. The Kier molecular flexibility index (Phi) is 4.22. The molecule has 7 heteroatoms. The molecule has 94 valence electrons. The summed E-state index contributed by atoms with van der Waals surface area (Å²) in [5, 5.41) is 11.4. The van der Waals surface area contributed by atoms with Crippen molar-refractivity contribution in [2.75, 3.05) is 17.6 Å². The lowest BCUT2D eigenvalue weighted by atomic mass is 10.1. The van der Waals surface area contributed by atoms with Gasteiger partial charge in [0.05, 0.1) is 11.4 Å². The fraction of sp³-hybridized carbons (Fsp3) is 0.300. The molecule has 0 spiro atoms. The number of carbonyl (C=O) groups is 1. The number of alkyl halides is 2. The van der Waals surface area contributed by atoms with Crippen LogP contribution in [0.25, 0.3) is 0 Å². The van der Waals surface area contributed by atoms with Gasteiger partial charge in [-0.3, -0.25) is 4.79 Å². The van der Waals surface area contributed by atoms with Crippen LogP contribution in [-0.4, -0.2) is 30.1 Å². The third-order valence-electron chi connectivity index (χ3n) is 2.13. The molecule has 17 heavy (non-hydrogen) atoms. The van der Waals surface area contributed by atoms with E-state index in [0.717, 1.165) is 0 Å². The number of anilines is 2. The molecule has 0 aliphatic carbocycles. The Balaban J connectivity index is 2.76. The van der Waals surface area contributed by atoms with Crippen molar-refractivity contribution in [3.63, 3.8) is 0 Å². The first-order chi connectivity index (χ1) is 7.91. The second-order valence-electron chi connectivity index (χ2n) is 3.45. The largest absolute Gasteiger partial charge is 0.397 e. The van der Waals surface area contributed by atoms with Crippen molar-refractivity contribution in [2.45, 2.75) is 12.5 Å². The third kappa shape index (κ3) is 3.56. The molecular formula is C10H13F2N3O2. The number of rotatable bonds is 5. The lowest BCUT2D eigenvalue weighted by Gasteiger charge is -2.13. The standard InChI is InChI=1S/C10H13F2N3O2/c11-9(12)8(16)4-15-7-3-5(10(14)17)1-2-6(7)13/h1-3,8-9,15-16H,4,13H2,(H2,14,17). The Morgan fingerprint density at radius 3 is 2.65 bits per heavy atom. The van der Waals surface area contributed by atoms with E-state index >= 15 is 0 Å². The molecule has 6 N–H and O–H groups in total. The van der Waals surface area contributed by atoms with E-state index in [4.69, 9.17) is 16.6 Å². The van der Waals surface area contributed by atoms with E-state index in [1.54, 1.807) is 0 Å². The van der Waals surface area contributed by atoms with E-state index < -0.39 is 18.4 Å². The molecule has 0 fully saturated rings. The van der Waals surface area contributed by atoms with E-state index in [2.05, 4.69) is 5.32 Å². The number of carbonyl (C=O) groups excluding carboxylic acids is 1. The normalized spacial score (nSPS) is 12.5. The molecular weight excluding hydrogens is 232 g/mol. The fourth-order valence-corrected chi connectivity index (χ4v) is 1.17. The SMILES string of the molecule is NC(=O)c1ccc(N)c(NCC(O)C(F)F)c1. The summed E-state index contributed by atoms with van der Waals surface area (Å²) in [7, 11) is 0. The van der Waals surface area contributed by atoms with Crippen molar-refractivity contribution >= 4 is 17.3 Å². The Labute approximate surface area is 96.4 Å². The summed E-state index contributed by atoms with van der Waals surface area (Å²) in [6.07, 6.45) is -4.64. The molecule has 1 unspecified atom stereocenters. The number of hydrogen-bond donors (Lipinski definition) is 4. The van der Waals surface area contributed by atoms with E-state index in [1.807, 2.05) is 0 Å². The van der Waals surface area contributed by atoms with Gasteiger partial charge in [0.1, 0.15) is 6.10 Å². The van der Waals surface area contributed by atoms with E-state index in [0.29, 0.717) is 0 Å². The minimum atomic E-state index is -2.84. The highest BCUT2D eigenvalue weighted by atomic mass is 19.3. The maximum atomic E-state index is 12.0. The first-order valence-electron chi connectivity index (χ1n) is 4.81. The maximum absolute atomic E-state index is 12.0. The molecule has 0 heterocycles. The summed E-state index contributed by atoms with van der Waals surface area (Å²) < 4.78 is 24.1. The summed E-state index contributed by atoms with van der Waals surface area (Å²) in [6.45, 7) is -0.371. The molecule has 0 saturated carbocycles. The van der Waals surface area contributed by atoms with E-state index in [1.165, 1.54) is 18.2 Å². The second-order valence-corrected chi connectivity index (χ2v) is 3.45. The highest BCUT2D eigenvalue weighted by Crippen LogP contribution is 2.20. The summed E-state index contributed by atoms with van der Waals surface area (Å²) in [5.41, 5.74) is 11.4. The van der Waals surface area contributed by atoms with Gasteiger partial charge in [0.25, 0.3) is 6.43 Å². The number of aliphatic hydroxyl groups excluding tert-OH is 1. The van der Waals surface area contributed by atoms with Crippen LogP contribution in [0.15, 0.2) is 18.2 Å². The number of primary amides is 1. The average molecular weight is 245 g/mol. The fourth-order valence-electron chi connectivity index (χ4n) is 1.17. The van der Waals surface area contributed by atoms with Crippen LogP contribution in [0.5, 0.6) is 0 Å². The topological polar surface area (TPSA) is 101 Å². The zero-order chi connectivity index (χ0) is 13.0. The quantitative estimate of drug-likeness (QED) is 0.564. The molecule has 5 nitrogen and oxygen atoms in total. The van der Waals surface area contributed by atoms with Crippen LogP contribution in [0.4, 0.5) is 20.2 Å². The third-order valence-corrected chi connectivity index (χ3v) is 2.13. The molecule has 1 aromatic rings. The molecule has 0 saturated heterocycles. The number of nitrogens with one attached hydrogen (secondary N) is 1. The predicted molar refractivity (Wildman–Crippen MR) is 59.9 cm³/mol. The van der Waals surface area contributed by atoms with Gasteiger partial charge in [0, 0.05) is 12.1 Å². The van der Waals surface area contributed by atoms with Gasteiger partial charge >= 0.3 is 0 Å². The number of nitrogen functional groups attached to an aromatic ring is 1. The van der Waals surface area contributed by atoms with Crippen LogP contribution in [0.2, 0.25) is 0 Å². The monoisotopic (exact) mass is 245 g/mol. The lowest BCUT2D eigenvalue weighted by molar-refractivity contribution is 0.00385. The summed E-state index contributed by atoms with van der Waals surface area (Å²) >= 11 is 0. The first kappa shape index (κ1) is 13.2. The minimum Gasteiger partial charge on any atom is -0.397 e. The van der Waals surface area contributed by atoms with E-state index in [-0.39, 0.29) is 23.5 Å². The van der Waals surface area contributed by atoms with Gasteiger partial charge < -0.3 is 21.9 Å². The van der Waals surface area contributed by atoms with Gasteiger partial charge in [-0.25, -0.2) is 8.78 Å². The van der Waals surface area contributed by atoms with Crippen LogP contribution < -0.4 is 16.8 Å². The molecule has 1 aromatic carbocycles. The van der Waals surface area contributed by atoms with Gasteiger partial charge in [0.2, 0.25) is 5.91 Å². The van der Waals surface area contributed by atoms with Crippen LogP contribution in [0.3, 0.4) is 0 Å². The molecule has 0 bridgehead atoms. The Morgan fingerprint density at radius 1 is 1.47 bits per heavy atom. The van der Waals surface area contributed by atoms with Crippen molar-refractivity contribution in [2.24, 2.45) is 5.73 Å². The van der Waals surface area contributed by atoms with Crippen molar-refractivity contribution in [3.05, 3.63) is 23.8 Å². The average Bonchev–Trinajstić information content (AvgIpc) is 2.26. The van der Waals surface area contributed by atoms with Crippen LogP contribution in [-0.2, 0) is 0 Å². The molecule has 0 aliphatic rings. The van der Waals surface area contributed by atoms with Crippen molar-refractivity contribution in [1.82, 2.24) is 0 Å². The van der Waals surface area contributed by atoms with E-state index in [9.17, 15) is 13.6 Å². The Bertz CT molecular complexity index is 413. The van der Waals surface area contributed by atoms with Crippen LogP contribution in [0, 0.1) is 0 Å². The zero-order valence-corrected chi connectivity index (χ0v) is 8.86. The zero-order valence-electron chi connectivity index (χ0n) is 8.86. The van der Waals surface area contributed by atoms with Crippen molar-refractivity contribution < 1.29 is 18.7 Å². The molecule has 0 aromatic heterocycles. The Hall–Kier alpha value is -1.89. The predicted octanol–water partition coefficient (Wildman–Crippen LogP) is 0.406. The second kappa shape index (κ2) is 5.44. The first-order valence-corrected chi connectivity index (χ1v) is 4.81. The van der Waals surface area contributed by atoms with Crippen molar-refractivity contribution in [3.8, 4) is 0 Å². The minimum absolute atomic E-state index is 0.202. The number of amides is 1. The number of halogens is 2. The highest BCUT2D eigenvalue weighted by Gasteiger charge is 2.16. The molecule has 1 amide bonds. The van der Waals surface area contributed by atoms with Gasteiger partial charge in [-0.1, -0.05) is 0 Å². The maximum Gasteiger partial charge on any atom is 0.265 e.